The number of carbonyl (C=O) groups excluding carboxylic acids is 1. The number of carboxylic acid groups (broad SMARTS) is 1. The van der Waals surface area contributed by atoms with Gasteiger partial charge in [-0.2, -0.15) is 0 Å². The van der Waals surface area contributed by atoms with E-state index in [2.05, 4.69) is 19.2 Å². The SMILES string of the molecule is CCC(CC)CNC(=O)N1CCCCC1C(=O)O. The minimum Gasteiger partial charge on any atom is -0.480 e. The van der Waals surface area contributed by atoms with Crippen molar-refractivity contribution in [2.24, 2.45) is 5.92 Å². The van der Waals surface area contributed by atoms with E-state index in [9.17, 15) is 9.59 Å². The summed E-state index contributed by atoms with van der Waals surface area (Å²) in [5.74, 6) is -0.422. The van der Waals surface area contributed by atoms with E-state index in [1.807, 2.05) is 0 Å². The van der Waals surface area contributed by atoms with Crippen molar-refractivity contribution in [2.45, 2.75) is 52.0 Å². The van der Waals surface area contributed by atoms with Crippen molar-refractivity contribution in [2.75, 3.05) is 13.1 Å². The summed E-state index contributed by atoms with van der Waals surface area (Å²) in [6.45, 7) is 5.38. The number of piperidine rings is 1. The van der Waals surface area contributed by atoms with Gasteiger partial charge in [-0.25, -0.2) is 9.59 Å². The summed E-state index contributed by atoms with van der Waals surface area (Å²) in [6.07, 6.45) is 4.39. The fourth-order valence-corrected chi connectivity index (χ4v) is 2.34. The molecular weight excluding hydrogens is 232 g/mol. The normalized spacial score (nSPS) is 19.9. The molecule has 1 heterocycles. The maximum atomic E-state index is 12.0. The van der Waals surface area contributed by atoms with Gasteiger partial charge in [0.15, 0.2) is 0 Å². The van der Waals surface area contributed by atoms with Gasteiger partial charge in [0, 0.05) is 13.1 Å². The Morgan fingerprint density at radius 1 is 1.33 bits per heavy atom. The number of nitrogens with one attached hydrogen (secondary N) is 1. The van der Waals surface area contributed by atoms with Crippen LogP contribution in [0.3, 0.4) is 0 Å². The molecule has 0 bridgehead atoms. The molecule has 1 aliphatic heterocycles. The Labute approximate surface area is 109 Å². The molecule has 5 heteroatoms. The third kappa shape index (κ3) is 3.89. The van der Waals surface area contributed by atoms with Crippen molar-refractivity contribution in [3.05, 3.63) is 0 Å². The first kappa shape index (κ1) is 14.8. The molecule has 0 aromatic heterocycles. The Morgan fingerprint density at radius 3 is 2.56 bits per heavy atom. The zero-order chi connectivity index (χ0) is 13.5. The molecule has 0 aromatic rings. The van der Waals surface area contributed by atoms with Gasteiger partial charge in [-0.1, -0.05) is 26.7 Å². The van der Waals surface area contributed by atoms with E-state index in [4.69, 9.17) is 5.11 Å². The molecule has 5 nitrogen and oxygen atoms in total. The Bertz CT molecular complexity index is 290. The molecule has 1 saturated heterocycles. The fourth-order valence-electron chi connectivity index (χ4n) is 2.34. The second-order valence-corrected chi connectivity index (χ2v) is 4.91. The summed E-state index contributed by atoms with van der Waals surface area (Å²) in [6, 6.07) is -0.880. The third-order valence-corrected chi connectivity index (χ3v) is 3.75. The summed E-state index contributed by atoms with van der Waals surface area (Å²) >= 11 is 0. The van der Waals surface area contributed by atoms with Gasteiger partial charge in [-0.15, -0.1) is 0 Å². The highest BCUT2D eigenvalue weighted by Gasteiger charge is 2.31. The van der Waals surface area contributed by atoms with Crippen LogP contribution in [0.25, 0.3) is 0 Å². The van der Waals surface area contributed by atoms with Crippen LogP contribution in [0.2, 0.25) is 0 Å². The molecule has 2 N–H and O–H groups in total. The molecule has 1 fully saturated rings. The van der Waals surface area contributed by atoms with E-state index in [0.29, 0.717) is 25.4 Å². The van der Waals surface area contributed by atoms with Crippen LogP contribution in [0.15, 0.2) is 0 Å². The quantitative estimate of drug-likeness (QED) is 0.791. The van der Waals surface area contributed by atoms with Gasteiger partial charge in [0.2, 0.25) is 0 Å². The predicted octanol–water partition coefficient (Wildman–Crippen LogP) is 2.07. The lowest BCUT2D eigenvalue weighted by Gasteiger charge is -2.33. The monoisotopic (exact) mass is 256 g/mol. The first-order valence-corrected chi connectivity index (χ1v) is 6.87. The molecule has 104 valence electrons. The highest BCUT2D eigenvalue weighted by Crippen LogP contribution is 2.17. The van der Waals surface area contributed by atoms with E-state index in [0.717, 1.165) is 25.7 Å². The predicted molar refractivity (Wildman–Crippen MR) is 69.5 cm³/mol. The standard InChI is InChI=1S/C13H24N2O3/c1-3-10(4-2)9-14-13(18)15-8-6-5-7-11(15)12(16)17/h10-11H,3-9H2,1-2H3,(H,14,18)(H,16,17). The van der Waals surface area contributed by atoms with Crippen molar-refractivity contribution >= 4 is 12.0 Å². The minimum absolute atomic E-state index is 0.228. The van der Waals surface area contributed by atoms with Crippen LogP contribution in [0.4, 0.5) is 4.79 Å². The number of likely N-dealkylation sites (tertiary alicyclic amines) is 1. The van der Waals surface area contributed by atoms with Crippen LogP contribution >= 0.6 is 0 Å². The molecule has 1 aliphatic rings. The largest absolute Gasteiger partial charge is 0.480 e. The Hall–Kier alpha value is -1.26. The third-order valence-electron chi connectivity index (χ3n) is 3.75. The number of hydrogen-bond donors (Lipinski definition) is 2. The van der Waals surface area contributed by atoms with Gasteiger partial charge in [0.1, 0.15) is 6.04 Å². The Balaban J connectivity index is 2.50. The van der Waals surface area contributed by atoms with Gasteiger partial charge >= 0.3 is 12.0 Å². The maximum Gasteiger partial charge on any atom is 0.326 e. The van der Waals surface area contributed by atoms with Crippen LogP contribution in [0, 0.1) is 5.92 Å². The second-order valence-electron chi connectivity index (χ2n) is 4.91. The number of nitrogens with zero attached hydrogens (tertiary/aromatic N) is 1. The summed E-state index contributed by atoms with van der Waals surface area (Å²) in [5.41, 5.74) is 0. The summed E-state index contributed by atoms with van der Waals surface area (Å²) in [5, 5.41) is 12.0. The van der Waals surface area contributed by atoms with Crippen LogP contribution in [0.1, 0.15) is 46.0 Å². The van der Waals surface area contributed by atoms with E-state index < -0.39 is 12.0 Å². The Morgan fingerprint density at radius 2 is 2.00 bits per heavy atom. The number of urea groups is 1. The van der Waals surface area contributed by atoms with Crippen LogP contribution in [-0.4, -0.2) is 41.1 Å². The topological polar surface area (TPSA) is 69.6 Å². The molecule has 1 unspecified atom stereocenters. The van der Waals surface area contributed by atoms with Gasteiger partial charge < -0.3 is 15.3 Å². The Kier molecular flexibility index (Phi) is 5.95. The first-order chi connectivity index (χ1) is 8.60. The van der Waals surface area contributed by atoms with Gasteiger partial charge in [-0.05, 0) is 25.2 Å². The molecule has 18 heavy (non-hydrogen) atoms. The van der Waals surface area contributed by atoms with Crippen LogP contribution in [-0.2, 0) is 4.79 Å². The molecular formula is C13H24N2O3. The lowest BCUT2D eigenvalue weighted by molar-refractivity contribution is -0.143. The van der Waals surface area contributed by atoms with Crippen molar-refractivity contribution in [1.29, 1.82) is 0 Å². The summed E-state index contributed by atoms with van der Waals surface area (Å²) in [7, 11) is 0. The van der Waals surface area contributed by atoms with E-state index in [-0.39, 0.29) is 6.03 Å². The molecule has 2 amide bonds. The number of carbonyl (C=O) groups is 2. The zero-order valence-electron chi connectivity index (χ0n) is 11.3. The lowest BCUT2D eigenvalue weighted by atomic mass is 10.0. The molecule has 0 radical (unpaired) electrons. The number of carboxylic acids is 1. The average Bonchev–Trinajstić information content (AvgIpc) is 2.39. The first-order valence-electron chi connectivity index (χ1n) is 6.87. The average molecular weight is 256 g/mol. The van der Waals surface area contributed by atoms with E-state index in [1.54, 1.807) is 0 Å². The summed E-state index contributed by atoms with van der Waals surface area (Å²) in [4.78, 5) is 24.6. The number of amides is 2. The number of aliphatic carboxylic acids is 1. The smallest absolute Gasteiger partial charge is 0.326 e. The minimum atomic E-state index is -0.896. The van der Waals surface area contributed by atoms with Gasteiger partial charge in [0.05, 0.1) is 0 Å². The van der Waals surface area contributed by atoms with Crippen molar-refractivity contribution < 1.29 is 14.7 Å². The maximum absolute atomic E-state index is 12.0. The highest BCUT2D eigenvalue weighted by molar-refractivity contribution is 5.82. The van der Waals surface area contributed by atoms with Crippen molar-refractivity contribution in [3.63, 3.8) is 0 Å². The summed E-state index contributed by atoms with van der Waals surface area (Å²) < 4.78 is 0. The zero-order valence-corrected chi connectivity index (χ0v) is 11.3. The molecule has 1 atom stereocenters. The van der Waals surface area contributed by atoms with E-state index in [1.165, 1.54) is 4.90 Å². The van der Waals surface area contributed by atoms with Crippen molar-refractivity contribution in [1.82, 2.24) is 10.2 Å². The molecule has 0 spiro atoms. The fraction of sp³-hybridized carbons (Fsp3) is 0.846. The number of hydrogen-bond acceptors (Lipinski definition) is 2. The molecule has 1 rings (SSSR count). The van der Waals surface area contributed by atoms with Crippen molar-refractivity contribution in [3.8, 4) is 0 Å². The highest BCUT2D eigenvalue weighted by atomic mass is 16.4. The van der Waals surface area contributed by atoms with E-state index >= 15 is 0 Å². The molecule has 0 aliphatic carbocycles. The van der Waals surface area contributed by atoms with Crippen LogP contribution < -0.4 is 5.32 Å². The lowest BCUT2D eigenvalue weighted by Crippen LogP contribution is -2.52. The number of rotatable bonds is 5. The molecule has 0 aromatic carbocycles. The second kappa shape index (κ2) is 7.24. The van der Waals surface area contributed by atoms with Gasteiger partial charge in [-0.3, -0.25) is 0 Å². The van der Waals surface area contributed by atoms with Gasteiger partial charge in [0.25, 0.3) is 0 Å². The van der Waals surface area contributed by atoms with Crippen LogP contribution in [0.5, 0.6) is 0 Å². The molecule has 0 saturated carbocycles.